The zero-order valence-corrected chi connectivity index (χ0v) is 22.0. The summed E-state index contributed by atoms with van der Waals surface area (Å²) >= 11 is 2.51. The maximum absolute atomic E-state index is 13.4. The number of carbonyl (C=O) groups excluding carboxylic acids is 2. The van der Waals surface area contributed by atoms with Crippen molar-refractivity contribution in [1.82, 2.24) is 10.2 Å². The van der Waals surface area contributed by atoms with E-state index in [1.807, 2.05) is 26.0 Å². The molecule has 2 N–H and O–H groups in total. The number of aliphatic hydroxyl groups is 1. The minimum atomic E-state index is -0.974. The van der Waals surface area contributed by atoms with Crippen LogP contribution in [0.2, 0.25) is 0 Å². The van der Waals surface area contributed by atoms with E-state index in [0.29, 0.717) is 21.2 Å². The molecule has 0 aliphatic carbocycles. The summed E-state index contributed by atoms with van der Waals surface area (Å²) in [6.45, 7) is 3.69. The number of aromatic nitrogens is 2. The summed E-state index contributed by atoms with van der Waals surface area (Å²) in [6, 6.07) is 16.8. The van der Waals surface area contributed by atoms with Gasteiger partial charge in [0, 0.05) is 11.3 Å². The molecule has 1 aromatic heterocycles. The molecule has 7 nitrogen and oxygen atoms in total. The third-order valence-corrected chi connectivity index (χ3v) is 8.31. The van der Waals surface area contributed by atoms with Gasteiger partial charge in [0.1, 0.15) is 17.3 Å². The number of rotatable bonds is 6. The molecule has 1 atom stereocenters. The van der Waals surface area contributed by atoms with Gasteiger partial charge in [0.25, 0.3) is 5.78 Å². The number of halogens is 1. The minimum absolute atomic E-state index is 0.0237. The van der Waals surface area contributed by atoms with Crippen molar-refractivity contribution in [1.29, 1.82) is 0 Å². The zero-order valence-electron chi connectivity index (χ0n) is 20.4. The number of amides is 1. The van der Waals surface area contributed by atoms with Crippen LogP contribution in [0.5, 0.6) is 5.75 Å². The highest BCUT2D eigenvalue weighted by atomic mass is 32.2. The van der Waals surface area contributed by atoms with Gasteiger partial charge in [-0.1, -0.05) is 65.1 Å². The van der Waals surface area contributed by atoms with E-state index in [-0.39, 0.29) is 28.0 Å². The lowest BCUT2D eigenvalue weighted by atomic mass is 9.93. The summed E-state index contributed by atoms with van der Waals surface area (Å²) in [5.74, 6) is -1.72. The smallest absolute Gasteiger partial charge is 0.301 e. The standard InChI is InChI=1S/C28H22FN3O4S2/c1-15-3-4-16(2)21(13-15)24(34)22-23(18-7-11-20(33)12-8-18)32(26(36)25(22)35)27-30-31-28(38-27)37-14-17-5-9-19(29)10-6-17/h3-13,23,33-34H,14H2,1-2H3. The molecule has 0 saturated carbocycles. The molecule has 1 aliphatic heterocycles. The van der Waals surface area contributed by atoms with Crippen LogP contribution in [0.15, 0.2) is 76.6 Å². The zero-order chi connectivity index (χ0) is 27.0. The fourth-order valence-corrected chi connectivity index (χ4v) is 6.05. The molecular formula is C28H22FN3O4S2. The molecule has 10 heteroatoms. The quantitative estimate of drug-likeness (QED) is 0.102. The predicted molar refractivity (Wildman–Crippen MR) is 145 cm³/mol. The summed E-state index contributed by atoms with van der Waals surface area (Å²) in [7, 11) is 0. The summed E-state index contributed by atoms with van der Waals surface area (Å²) in [6.07, 6.45) is 0. The molecule has 1 saturated heterocycles. The molecule has 1 unspecified atom stereocenters. The molecule has 0 bridgehead atoms. The Morgan fingerprint density at radius 1 is 1.03 bits per heavy atom. The van der Waals surface area contributed by atoms with Crippen molar-refractivity contribution < 1.29 is 24.2 Å². The predicted octanol–water partition coefficient (Wildman–Crippen LogP) is 5.92. The first-order valence-electron chi connectivity index (χ1n) is 11.6. The van der Waals surface area contributed by atoms with Gasteiger partial charge < -0.3 is 10.2 Å². The van der Waals surface area contributed by atoms with Crippen LogP contribution in [0, 0.1) is 19.7 Å². The van der Waals surface area contributed by atoms with Crippen LogP contribution < -0.4 is 4.90 Å². The van der Waals surface area contributed by atoms with Crippen molar-refractivity contribution in [3.8, 4) is 5.75 Å². The average Bonchev–Trinajstić information content (AvgIpc) is 3.47. The molecule has 3 aromatic carbocycles. The molecule has 38 heavy (non-hydrogen) atoms. The first-order valence-corrected chi connectivity index (χ1v) is 13.4. The molecule has 192 valence electrons. The number of benzene rings is 3. The number of anilines is 1. The number of aryl methyl sites for hydroxylation is 2. The van der Waals surface area contributed by atoms with Crippen molar-refractivity contribution >= 4 is 45.7 Å². The number of phenolic OH excluding ortho intramolecular Hbond substituents is 1. The van der Waals surface area contributed by atoms with Crippen molar-refractivity contribution in [3.05, 3.63) is 106 Å². The third-order valence-electron chi connectivity index (χ3n) is 6.18. The fraction of sp³-hybridized carbons (Fsp3) is 0.143. The monoisotopic (exact) mass is 547 g/mol. The van der Waals surface area contributed by atoms with E-state index in [1.54, 1.807) is 30.3 Å². The van der Waals surface area contributed by atoms with E-state index in [1.165, 1.54) is 40.9 Å². The summed E-state index contributed by atoms with van der Waals surface area (Å²) in [4.78, 5) is 28.0. The highest BCUT2D eigenvalue weighted by Gasteiger charge is 2.48. The van der Waals surface area contributed by atoms with Crippen molar-refractivity contribution in [3.63, 3.8) is 0 Å². The molecule has 0 radical (unpaired) electrons. The SMILES string of the molecule is Cc1ccc(C)c(C(O)=C2C(=O)C(=O)N(c3nnc(SCc4ccc(F)cc4)s3)C2c2ccc(O)cc2)c1. The van der Waals surface area contributed by atoms with Crippen molar-refractivity contribution in [2.45, 2.75) is 30.0 Å². The number of hydrogen-bond acceptors (Lipinski definition) is 8. The topological polar surface area (TPSA) is 104 Å². The van der Waals surface area contributed by atoms with E-state index in [4.69, 9.17) is 0 Å². The van der Waals surface area contributed by atoms with Gasteiger partial charge in [-0.3, -0.25) is 14.5 Å². The van der Waals surface area contributed by atoms with Gasteiger partial charge in [0.2, 0.25) is 5.13 Å². The van der Waals surface area contributed by atoms with Gasteiger partial charge in [-0.05, 0) is 60.9 Å². The second kappa shape index (κ2) is 10.4. The van der Waals surface area contributed by atoms with Gasteiger partial charge in [-0.2, -0.15) is 0 Å². The van der Waals surface area contributed by atoms with Gasteiger partial charge in [0.05, 0.1) is 11.6 Å². The Hall–Kier alpha value is -4.02. The number of ketones is 1. The molecule has 1 aliphatic rings. The van der Waals surface area contributed by atoms with Gasteiger partial charge in [-0.25, -0.2) is 4.39 Å². The second-order valence-corrected chi connectivity index (χ2v) is 11.0. The lowest BCUT2D eigenvalue weighted by molar-refractivity contribution is -0.132. The molecular weight excluding hydrogens is 525 g/mol. The lowest BCUT2D eigenvalue weighted by Gasteiger charge is -2.22. The first-order chi connectivity index (χ1) is 18.2. The molecule has 2 heterocycles. The lowest BCUT2D eigenvalue weighted by Crippen LogP contribution is -2.29. The van der Waals surface area contributed by atoms with E-state index < -0.39 is 17.7 Å². The summed E-state index contributed by atoms with van der Waals surface area (Å²) in [5, 5.41) is 29.8. The molecule has 5 rings (SSSR count). The number of hydrogen-bond donors (Lipinski definition) is 2. The molecule has 1 amide bonds. The number of carbonyl (C=O) groups is 2. The van der Waals surface area contributed by atoms with Crippen LogP contribution >= 0.6 is 23.1 Å². The van der Waals surface area contributed by atoms with Crippen LogP contribution in [-0.4, -0.2) is 32.1 Å². The summed E-state index contributed by atoms with van der Waals surface area (Å²) in [5.41, 5.74) is 3.44. The number of aliphatic hydroxyl groups excluding tert-OH is 1. The maximum atomic E-state index is 13.4. The number of phenols is 1. The Labute approximate surface area is 226 Å². The largest absolute Gasteiger partial charge is 0.508 e. The summed E-state index contributed by atoms with van der Waals surface area (Å²) < 4.78 is 13.8. The van der Waals surface area contributed by atoms with Crippen LogP contribution in [-0.2, 0) is 15.3 Å². The number of Topliss-reactive ketones (excluding diaryl/α,β-unsaturated/α-hetero) is 1. The Morgan fingerprint density at radius 2 is 1.74 bits per heavy atom. The Bertz CT molecular complexity index is 1570. The van der Waals surface area contributed by atoms with Gasteiger partial charge in [-0.15, -0.1) is 10.2 Å². The molecule has 1 fully saturated rings. The average molecular weight is 548 g/mol. The number of thioether (sulfide) groups is 1. The Balaban J connectivity index is 1.55. The van der Waals surface area contributed by atoms with Crippen molar-refractivity contribution in [2.75, 3.05) is 4.90 Å². The van der Waals surface area contributed by atoms with E-state index in [0.717, 1.165) is 28.0 Å². The first kappa shape index (κ1) is 25.6. The Morgan fingerprint density at radius 3 is 2.45 bits per heavy atom. The van der Waals surface area contributed by atoms with E-state index in [2.05, 4.69) is 10.2 Å². The van der Waals surface area contributed by atoms with Crippen LogP contribution in [0.25, 0.3) is 5.76 Å². The second-order valence-electron chi connectivity index (χ2n) is 8.84. The van der Waals surface area contributed by atoms with Crippen LogP contribution in [0.1, 0.15) is 33.9 Å². The normalized spacial score (nSPS) is 16.8. The fourth-order valence-electron chi connectivity index (χ4n) is 4.22. The third kappa shape index (κ3) is 4.92. The maximum Gasteiger partial charge on any atom is 0.301 e. The van der Waals surface area contributed by atoms with Gasteiger partial charge in [0.15, 0.2) is 4.34 Å². The van der Waals surface area contributed by atoms with E-state index >= 15 is 0 Å². The van der Waals surface area contributed by atoms with Crippen LogP contribution in [0.3, 0.4) is 0 Å². The minimum Gasteiger partial charge on any atom is -0.508 e. The molecule has 0 spiro atoms. The number of aromatic hydroxyl groups is 1. The van der Waals surface area contributed by atoms with Gasteiger partial charge >= 0.3 is 5.91 Å². The Kier molecular flexibility index (Phi) is 7.00. The highest BCUT2D eigenvalue weighted by molar-refractivity contribution is 8.00. The highest BCUT2D eigenvalue weighted by Crippen LogP contribution is 2.44. The van der Waals surface area contributed by atoms with Crippen LogP contribution in [0.4, 0.5) is 9.52 Å². The van der Waals surface area contributed by atoms with E-state index in [9.17, 15) is 24.2 Å². The number of nitrogens with zero attached hydrogens (tertiary/aromatic N) is 3. The molecule has 4 aromatic rings. The van der Waals surface area contributed by atoms with Crippen molar-refractivity contribution in [2.24, 2.45) is 0 Å².